The SMILES string of the molecule is NNC(CC1CCOc2ccccc21)c1ccc(Cl)nc1. The van der Waals surface area contributed by atoms with E-state index in [2.05, 4.69) is 22.5 Å². The molecule has 21 heavy (non-hydrogen) atoms. The highest BCUT2D eigenvalue weighted by Crippen LogP contribution is 2.38. The Morgan fingerprint density at radius 2 is 2.19 bits per heavy atom. The molecule has 0 aliphatic carbocycles. The lowest BCUT2D eigenvalue weighted by Gasteiger charge is -2.29. The quantitative estimate of drug-likeness (QED) is 0.517. The highest BCUT2D eigenvalue weighted by Gasteiger charge is 2.24. The highest BCUT2D eigenvalue weighted by atomic mass is 35.5. The van der Waals surface area contributed by atoms with Gasteiger partial charge in [-0.25, -0.2) is 4.98 Å². The fourth-order valence-electron chi connectivity index (χ4n) is 2.84. The molecule has 1 aliphatic heterocycles. The summed E-state index contributed by atoms with van der Waals surface area (Å²) in [6, 6.07) is 12.0. The molecule has 2 heterocycles. The molecule has 2 unspecified atom stereocenters. The Hall–Kier alpha value is -1.62. The molecule has 1 aromatic heterocycles. The van der Waals surface area contributed by atoms with Crippen LogP contribution in [0.4, 0.5) is 0 Å². The van der Waals surface area contributed by atoms with Gasteiger partial charge in [-0.05, 0) is 42.0 Å². The van der Waals surface area contributed by atoms with Crippen LogP contribution < -0.4 is 16.0 Å². The number of nitrogens with zero attached hydrogens (tertiary/aromatic N) is 1. The Morgan fingerprint density at radius 1 is 1.33 bits per heavy atom. The smallest absolute Gasteiger partial charge is 0.129 e. The third-order valence-corrected chi connectivity index (χ3v) is 4.18. The summed E-state index contributed by atoms with van der Waals surface area (Å²) in [6.07, 6.45) is 3.68. The molecule has 1 aromatic carbocycles. The van der Waals surface area contributed by atoms with Crippen molar-refractivity contribution in [2.75, 3.05) is 6.61 Å². The van der Waals surface area contributed by atoms with E-state index in [4.69, 9.17) is 22.2 Å². The molecule has 0 bridgehead atoms. The second-order valence-corrected chi connectivity index (χ2v) is 5.63. The second kappa shape index (κ2) is 6.43. The third-order valence-electron chi connectivity index (χ3n) is 3.96. The number of fused-ring (bicyclic) bond motifs is 1. The number of hydrogen-bond acceptors (Lipinski definition) is 4. The third kappa shape index (κ3) is 3.18. The number of aromatic nitrogens is 1. The van der Waals surface area contributed by atoms with Gasteiger partial charge < -0.3 is 4.74 Å². The predicted octanol–water partition coefficient (Wildman–Crippen LogP) is 3.20. The molecular formula is C16H18ClN3O. The fourth-order valence-corrected chi connectivity index (χ4v) is 2.95. The number of ether oxygens (including phenoxy) is 1. The van der Waals surface area contributed by atoms with Crippen molar-refractivity contribution >= 4 is 11.6 Å². The summed E-state index contributed by atoms with van der Waals surface area (Å²) in [7, 11) is 0. The van der Waals surface area contributed by atoms with Crippen molar-refractivity contribution in [1.82, 2.24) is 10.4 Å². The largest absolute Gasteiger partial charge is 0.493 e. The summed E-state index contributed by atoms with van der Waals surface area (Å²) < 4.78 is 5.71. The zero-order chi connectivity index (χ0) is 14.7. The first-order chi connectivity index (χ1) is 10.3. The molecule has 110 valence electrons. The zero-order valence-corrected chi connectivity index (χ0v) is 12.4. The maximum Gasteiger partial charge on any atom is 0.129 e. The normalized spacial score (nSPS) is 18.7. The van der Waals surface area contributed by atoms with Crippen molar-refractivity contribution in [3.63, 3.8) is 0 Å². The average molecular weight is 304 g/mol. The number of hydrogen-bond donors (Lipinski definition) is 2. The summed E-state index contributed by atoms with van der Waals surface area (Å²) in [5.74, 6) is 7.15. The Kier molecular flexibility index (Phi) is 4.39. The van der Waals surface area contributed by atoms with Crippen molar-refractivity contribution in [2.45, 2.75) is 24.8 Å². The minimum absolute atomic E-state index is 0.0472. The lowest BCUT2D eigenvalue weighted by Crippen LogP contribution is -2.30. The number of pyridine rings is 1. The second-order valence-electron chi connectivity index (χ2n) is 5.24. The molecular weight excluding hydrogens is 286 g/mol. The summed E-state index contributed by atoms with van der Waals surface area (Å²) in [4.78, 5) is 4.13. The lowest BCUT2D eigenvalue weighted by molar-refractivity contribution is 0.255. The van der Waals surface area contributed by atoms with Crippen LogP contribution in [0.5, 0.6) is 5.75 Å². The van der Waals surface area contributed by atoms with Gasteiger partial charge in [0.15, 0.2) is 0 Å². The minimum atomic E-state index is 0.0472. The maximum atomic E-state index is 5.84. The monoisotopic (exact) mass is 303 g/mol. The van der Waals surface area contributed by atoms with Crippen LogP contribution in [-0.4, -0.2) is 11.6 Å². The van der Waals surface area contributed by atoms with Gasteiger partial charge in [0.1, 0.15) is 10.9 Å². The standard InChI is InChI=1S/C16H18ClN3O/c17-16-6-5-12(10-19-16)14(20-18)9-11-7-8-21-15-4-2-1-3-13(11)15/h1-6,10-11,14,20H,7-9,18H2. The van der Waals surface area contributed by atoms with Crippen molar-refractivity contribution in [1.29, 1.82) is 0 Å². The Morgan fingerprint density at radius 3 is 2.95 bits per heavy atom. The molecule has 0 fully saturated rings. The Balaban J connectivity index is 1.80. The van der Waals surface area contributed by atoms with E-state index in [9.17, 15) is 0 Å². The van der Waals surface area contributed by atoms with E-state index in [1.807, 2.05) is 18.2 Å². The number of nitrogens with two attached hydrogens (primary N) is 1. The Bertz CT molecular complexity index is 603. The van der Waals surface area contributed by atoms with Crippen LogP contribution in [0.15, 0.2) is 42.6 Å². The first kappa shape index (κ1) is 14.3. The van der Waals surface area contributed by atoms with E-state index in [0.717, 1.165) is 30.8 Å². The Labute approximate surface area is 129 Å². The molecule has 2 atom stereocenters. The van der Waals surface area contributed by atoms with Gasteiger partial charge in [-0.3, -0.25) is 11.3 Å². The van der Waals surface area contributed by atoms with Crippen molar-refractivity contribution in [3.8, 4) is 5.75 Å². The molecule has 1 aliphatic rings. The first-order valence-electron chi connectivity index (χ1n) is 7.07. The maximum absolute atomic E-state index is 5.84. The summed E-state index contributed by atoms with van der Waals surface area (Å²) in [6.45, 7) is 0.748. The fraction of sp³-hybridized carbons (Fsp3) is 0.312. The average Bonchev–Trinajstić information content (AvgIpc) is 2.54. The first-order valence-corrected chi connectivity index (χ1v) is 7.45. The molecule has 0 amide bonds. The number of nitrogens with one attached hydrogen (secondary N) is 1. The van der Waals surface area contributed by atoms with Gasteiger partial charge in [0.2, 0.25) is 0 Å². The van der Waals surface area contributed by atoms with E-state index in [-0.39, 0.29) is 6.04 Å². The molecule has 2 aromatic rings. The topological polar surface area (TPSA) is 60.2 Å². The molecule has 0 radical (unpaired) electrons. The summed E-state index contributed by atoms with van der Waals surface area (Å²) >= 11 is 5.84. The summed E-state index contributed by atoms with van der Waals surface area (Å²) in [5, 5.41) is 0.492. The van der Waals surface area contributed by atoms with E-state index in [1.54, 1.807) is 12.3 Å². The molecule has 3 N–H and O–H groups in total. The molecule has 4 nitrogen and oxygen atoms in total. The van der Waals surface area contributed by atoms with E-state index in [0.29, 0.717) is 11.1 Å². The van der Waals surface area contributed by atoms with Gasteiger partial charge >= 0.3 is 0 Å². The number of rotatable bonds is 4. The molecule has 0 saturated heterocycles. The van der Waals surface area contributed by atoms with Crippen LogP contribution >= 0.6 is 11.6 Å². The van der Waals surface area contributed by atoms with Crippen LogP contribution in [0.3, 0.4) is 0 Å². The molecule has 0 spiro atoms. The van der Waals surface area contributed by atoms with Crippen LogP contribution in [0, 0.1) is 0 Å². The van der Waals surface area contributed by atoms with Crippen molar-refractivity contribution in [3.05, 3.63) is 58.9 Å². The zero-order valence-electron chi connectivity index (χ0n) is 11.6. The number of para-hydroxylation sites is 1. The van der Waals surface area contributed by atoms with Crippen LogP contribution in [0.25, 0.3) is 0 Å². The predicted molar refractivity (Wildman–Crippen MR) is 83.2 cm³/mol. The van der Waals surface area contributed by atoms with Crippen LogP contribution in [0.2, 0.25) is 5.15 Å². The summed E-state index contributed by atoms with van der Waals surface area (Å²) in [5.41, 5.74) is 5.19. The minimum Gasteiger partial charge on any atom is -0.493 e. The van der Waals surface area contributed by atoms with E-state index in [1.165, 1.54) is 5.56 Å². The van der Waals surface area contributed by atoms with Gasteiger partial charge in [0.25, 0.3) is 0 Å². The van der Waals surface area contributed by atoms with Gasteiger partial charge in [-0.2, -0.15) is 0 Å². The number of hydrazine groups is 1. The molecule has 5 heteroatoms. The van der Waals surface area contributed by atoms with Gasteiger partial charge in [-0.1, -0.05) is 35.9 Å². The molecule has 0 saturated carbocycles. The lowest BCUT2D eigenvalue weighted by atomic mass is 9.86. The van der Waals surface area contributed by atoms with Gasteiger partial charge in [0, 0.05) is 12.2 Å². The number of halogens is 1. The van der Waals surface area contributed by atoms with Crippen molar-refractivity contribution in [2.24, 2.45) is 5.84 Å². The number of benzene rings is 1. The van der Waals surface area contributed by atoms with Crippen molar-refractivity contribution < 1.29 is 4.74 Å². The van der Waals surface area contributed by atoms with E-state index < -0.39 is 0 Å². The van der Waals surface area contributed by atoms with Gasteiger partial charge in [-0.15, -0.1) is 0 Å². The highest BCUT2D eigenvalue weighted by molar-refractivity contribution is 6.29. The molecule has 3 rings (SSSR count). The van der Waals surface area contributed by atoms with Crippen LogP contribution in [-0.2, 0) is 0 Å². The van der Waals surface area contributed by atoms with E-state index >= 15 is 0 Å². The van der Waals surface area contributed by atoms with Gasteiger partial charge in [0.05, 0.1) is 6.61 Å². The van der Waals surface area contributed by atoms with Crippen LogP contribution in [0.1, 0.15) is 35.9 Å².